The van der Waals surface area contributed by atoms with Crippen LogP contribution in [0.4, 0.5) is 0 Å². The van der Waals surface area contributed by atoms with Crippen LogP contribution >= 0.6 is 48.8 Å². The Kier molecular flexibility index (Phi) is 14.4. The van der Waals surface area contributed by atoms with Crippen LogP contribution < -0.4 is 0 Å². The minimum atomic E-state index is 0. The Morgan fingerprint density at radius 2 is 1.00 bits per heavy atom. The fourth-order valence-corrected chi connectivity index (χ4v) is 4.20. The van der Waals surface area contributed by atoms with Crippen LogP contribution in [0.2, 0.25) is 0 Å². The van der Waals surface area contributed by atoms with Crippen molar-refractivity contribution in [3.63, 3.8) is 0 Å². The Hall–Kier alpha value is 2.32. The van der Waals surface area contributed by atoms with Crippen LogP contribution in [0.15, 0.2) is 0 Å². The van der Waals surface area contributed by atoms with E-state index in [1.807, 2.05) is 23.5 Å². The molecule has 0 saturated carbocycles. The van der Waals surface area contributed by atoms with Gasteiger partial charge in [0.2, 0.25) is 0 Å². The number of thiol groups is 2. The predicted molar refractivity (Wildman–Crippen MR) is 109 cm³/mol. The second-order valence-corrected chi connectivity index (χ2v) is 8.93. The van der Waals surface area contributed by atoms with E-state index in [1.165, 1.54) is 23.0 Å². The van der Waals surface area contributed by atoms with Crippen molar-refractivity contribution in [3.8, 4) is 0 Å². The Labute approximate surface area is 165 Å². The topological polar surface area (TPSA) is 6.02 Å². The van der Waals surface area contributed by atoms with E-state index in [0.29, 0.717) is 0 Å². The summed E-state index contributed by atoms with van der Waals surface area (Å²) in [6.07, 6.45) is 0. The molecule has 2 heterocycles. The molecule has 2 aliphatic heterocycles. The first-order valence-corrected chi connectivity index (χ1v) is 10.0. The first kappa shape index (κ1) is 21.3. The fourth-order valence-electron chi connectivity index (χ4n) is 1.55. The average molecular weight is 572 g/mol. The zero-order chi connectivity index (χ0) is 13.4. The van der Waals surface area contributed by atoms with Gasteiger partial charge in [-0.25, -0.2) is 0 Å². The molecule has 0 aliphatic carbocycles. The summed E-state index contributed by atoms with van der Waals surface area (Å²) in [7, 11) is 0. The molecule has 0 spiro atoms. The Morgan fingerprint density at radius 3 is 1.16 bits per heavy atom. The smallest absolute Gasteiger partial charge is 0.182 e. The molecular formula is C10H22BiN2S6+7. The number of hydrogen-bond acceptors (Lipinski definition) is 2. The van der Waals surface area contributed by atoms with Gasteiger partial charge in [-0.3, -0.25) is 0 Å². The van der Waals surface area contributed by atoms with Crippen LogP contribution in [0, 0.1) is 0 Å². The third kappa shape index (κ3) is 9.85. The van der Waals surface area contributed by atoms with Crippen LogP contribution in [0.5, 0.6) is 0 Å². The van der Waals surface area contributed by atoms with Gasteiger partial charge in [-0.05, 0) is 25.3 Å². The maximum atomic E-state index is 4.19. The van der Waals surface area contributed by atoms with Crippen molar-refractivity contribution in [2.24, 2.45) is 0 Å². The maximum Gasteiger partial charge on any atom is 3.00 e. The van der Waals surface area contributed by atoms with Gasteiger partial charge in [0.05, 0.1) is 48.3 Å². The van der Waals surface area contributed by atoms with E-state index < -0.39 is 0 Å². The SMILES string of the molecule is SC([SH2+])=[N+]1CCSCC1.SC([SH2+])=[N+]1CCSCC1.[Bi+3]. The van der Waals surface area contributed by atoms with Gasteiger partial charge in [0.1, 0.15) is 0 Å². The monoisotopic (exact) mass is 571 g/mol. The van der Waals surface area contributed by atoms with Gasteiger partial charge in [-0.1, -0.05) is 0 Å². The fraction of sp³-hybridized carbons (Fsp3) is 0.800. The second kappa shape index (κ2) is 12.8. The summed E-state index contributed by atoms with van der Waals surface area (Å²) in [6, 6.07) is 0. The van der Waals surface area contributed by atoms with E-state index in [1.54, 1.807) is 0 Å². The number of hydrogen-bond donors (Lipinski definition) is 2. The van der Waals surface area contributed by atoms with Crippen molar-refractivity contribution in [1.29, 1.82) is 0 Å². The largest absolute Gasteiger partial charge is 3.00 e. The summed E-state index contributed by atoms with van der Waals surface area (Å²) in [6.45, 7) is 4.53. The van der Waals surface area contributed by atoms with Gasteiger partial charge in [0.15, 0.2) is 26.2 Å². The quantitative estimate of drug-likeness (QED) is 0.136. The standard InChI is InChI=1S/2C5H9NS3.Bi/c2*7-5(8)6-1-3-9-4-2-6;/h2*1-4H2,(H,7,8);/q;;+3/p+4. The molecule has 0 unspecified atom stereocenters. The third-order valence-corrected chi connectivity index (χ3v) is 5.70. The molecule has 0 amide bonds. The minimum Gasteiger partial charge on any atom is -0.182 e. The van der Waals surface area contributed by atoms with Crippen molar-refractivity contribution in [2.45, 2.75) is 0 Å². The Morgan fingerprint density at radius 1 is 0.737 bits per heavy atom. The zero-order valence-corrected chi connectivity index (χ0v) is 19.6. The molecule has 0 atom stereocenters. The first-order chi connectivity index (χ1) is 8.61. The Bertz CT molecular complexity index is 278. The summed E-state index contributed by atoms with van der Waals surface area (Å²) in [5, 5.41) is 0. The number of nitrogens with zero attached hydrogens (tertiary/aromatic N) is 2. The van der Waals surface area contributed by atoms with Crippen molar-refractivity contribution in [1.82, 2.24) is 0 Å². The van der Waals surface area contributed by atoms with E-state index in [9.17, 15) is 0 Å². The summed E-state index contributed by atoms with van der Waals surface area (Å²) in [5.41, 5.74) is 0. The molecule has 106 valence electrons. The zero-order valence-electron chi connectivity index (χ0n) is 10.7. The molecule has 9 heteroatoms. The average Bonchev–Trinajstić information content (AvgIpc) is 2.41. The predicted octanol–water partition coefficient (Wildman–Crippen LogP) is -0.295. The third-order valence-electron chi connectivity index (χ3n) is 2.62. The molecule has 2 saturated heterocycles. The van der Waals surface area contributed by atoms with Crippen LogP contribution in [0.1, 0.15) is 0 Å². The van der Waals surface area contributed by atoms with Gasteiger partial charge in [-0.2, -0.15) is 9.15 Å². The molecule has 2 rings (SSSR count). The molecule has 2 aliphatic rings. The maximum absolute atomic E-state index is 4.19. The first-order valence-electron chi connectivity index (χ1n) is 5.81. The van der Waals surface area contributed by atoms with Crippen molar-refractivity contribution in [2.75, 3.05) is 49.2 Å². The van der Waals surface area contributed by atoms with E-state index in [4.69, 9.17) is 0 Å². The van der Waals surface area contributed by atoms with E-state index in [-0.39, 0.29) is 26.2 Å². The molecule has 2 fully saturated rings. The summed E-state index contributed by atoms with van der Waals surface area (Å²) in [4.78, 5) is 0. The molecule has 19 heavy (non-hydrogen) atoms. The van der Waals surface area contributed by atoms with Crippen molar-refractivity contribution < 1.29 is 9.15 Å². The molecule has 0 aromatic heterocycles. The molecule has 0 aromatic rings. The Balaban J connectivity index is 0.000000324. The molecule has 0 bridgehead atoms. The van der Waals surface area contributed by atoms with Gasteiger partial charge in [-0.15, -0.1) is 23.5 Å². The van der Waals surface area contributed by atoms with E-state index in [0.717, 1.165) is 34.9 Å². The van der Waals surface area contributed by atoms with Crippen molar-refractivity contribution in [3.05, 3.63) is 0 Å². The second-order valence-electron chi connectivity index (χ2n) is 3.85. The van der Waals surface area contributed by atoms with Crippen molar-refractivity contribution >= 4 is 109 Å². The van der Waals surface area contributed by atoms with Crippen LogP contribution in [0.25, 0.3) is 0 Å². The van der Waals surface area contributed by atoms with Crippen LogP contribution in [-0.2, 0) is 25.3 Å². The molecular weight excluding hydrogens is 550 g/mol. The van der Waals surface area contributed by atoms with Gasteiger partial charge < -0.3 is 0 Å². The van der Waals surface area contributed by atoms with Gasteiger partial charge >= 0.3 is 35.0 Å². The van der Waals surface area contributed by atoms with Crippen LogP contribution in [0.3, 0.4) is 0 Å². The summed E-state index contributed by atoms with van der Waals surface area (Å²) >= 11 is 19.1. The van der Waals surface area contributed by atoms with Gasteiger partial charge in [0, 0.05) is 0 Å². The molecule has 0 aromatic carbocycles. The van der Waals surface area contributed by atoms with E-state index >= 15 is 0 Å². The number of rotatable bonds is 0. The summed E-state index contributed by atoms with van der Waals surface area (Å²) in [5.74, 6) is 4.92. The van der Waals surface area contributed by atoms with E-state index in [2.05, 4.69) is 59.7 Å². The minimum absolute atomic E-state index is 0. The van der Waals surface area contributed by atoms with Crippen LogP contribution in [-0.4, -0.2) is 93.3 Å². The van der Waals surface area contributed by atoms with Gasteiger partial charge in [0.25, 0.3) is 0 Å². The molecule has 2 nitrogen and oxygen atoms in total. The molecule has 0 N–H and O–H groups in total. The molecule has 2 radical (unpaired) electrons. The summed E-state index contributed by atoms with van der Waals surface area (Å²) < 4.78 is 6.40. The number of thioether (sulfide) groups is 2. The normalized spacial score (nSPS) is 18.9.